The number of aromatic nitrogens is 3. The highest BCUT2D eigenvalue weighted by atomic mass is 16.5. The normalized spacial score (nSPS) is 14.0. The van der Waals surface area contributed by atoms with Crippen molar-refractivity contribution in [1.29, 1.82) is 0 Å². The van der Waals surface area contributed by atoms with E-state index in [1.807, 2.05) is 30.6 Å². The van der Waals surface area contributed by atoms with Crippen molar-refractivity contribution in [2.24, 2.45) is 5.10 Å². The van der Waals surface area contributed by atoms with Gasteiger partial charge in [0.05, 0.1) is 13.3 Å². The molecule has 0 amide bonds. The molecule has 0 atom stereocenters. The maximum absolute atomic E-state index is 5.48. The number of fused-ring (bicyclic) bond motifs is 1. The van der Waals surface area contributed by atoms with Gasteiger partial charge in [-0.3, -0.25) is 5.43 Å². The molecule has 2 aromatic carbocycles. The standard InChI is InChI=1S/C29H34N6O/c1-21-13-14-22(17-26(21)36-2)9-8-12-27-32-28(18-29(33-27)35-15-6-3-7-16-35)34-31-20-23-19-30-25-11-5-4-10-24(23)25/h4-5,10-11,13-14,17-20,30H,3,6-9,12,15-16H2,1-2H3,(H,32,33,34)/b31-20+. The molecular weight excluding hydrogens is 448 g/mol. The van der Waals surface area contributed by atoms with Gasteiger partial charge in [0.15, 0.2) is 5.82 Å². The van der Waals surface area contributed by atoms with Gasteiger partial charge in [0, 0.05) is 48.2 Å². The molecule has 186 valence electrons. The Kier molecular flexibility index (Phi) is 7.45. The van der Waals surface area contributed by atoms with Crippen LogP contribution in [0.4, 0.5) is 11.6 Å². The van der Waals surface area contributed by atoms with Gasteiger partial charge in [0.1, 0.15) is 17.4 Å². The lowest BCUT2D eigenvalue weighted by atomic mass is 10.1. The summed E-state index contributed by atoms with van der Waals surface area (Å²) in [7, 11) is 1.72. The Morgan fingerprint density at radius 1 is 1.06 bits per heavy atom. The van der Waals surface area contributed by atoms with E-state index in [1.165, 1.54) is 24.8 Å². The number of nitrogens with one attached hydrogen (secondary N) is 2. The Morgan fingerprint density at radius 3 is 2.78 bits per heavy atom. The molecule has 0 unspecified atom stereocenters. The molecular formula is C29H34N6O. The van der Waals surface area contributed by atoms with E-state index in [1.54, 1.807) is 7.11 Å². The highest BCUT2D eigenvalue weighted by Gasteiger charge is 2.15. The predicted molar refractivity (Wildman–Crippen MR) is 147 cm³/mol. The van der Waals surface area contributed by atoms with E-state index < -0.39 is 0 Å². The largest absolute Gasteiger partial charge is 0.496 e. The van der Waals surface area contributed by atoms with Crippen LogP contribution < -0.4 is 15.1 Å². The zero-order valence-electron chi connectivity index (χ0n) is 21.1. The van der Waals surface area contributed by atoms with Crippen LogP contribution in [0.15, 0.2) is 59.8 Å². The van der Waals surface area contributed by atoms with Crippen LogP contribution >= 0.6 is 0 Å². The Labute approximate surface area is 212 Å². The molecule has 0 bridgehead atoms. The molecule has 0 spiro atoms. The van der Waals surface area contributed by atoms with Gasteiger partial charge >= 0.3 is 0 Å². The number of hydrogen-bond acceptors (Lipinski definition) is 6. The summed E-state index contributed by atoms with van der Waals surface area (Å²) in [5, 5.41) is 5.65. The van der Waals surface area contributed by atoms with Crippen molar-refractivity contribution in [3.8, 4) is 5.75 Å². The van der Waals surface area contributed by atoms with Crippen LogP contribution in [0.1, 0.15) is 48.2 Å². The minimum Gasteiger partial charge on any atom is -0.496 e. The fraction of sp³-hybridized carbons (Fsp3) is 0.345. The van der Waals surface area contributed by atoms with Crippen molar-refractivity contribution in [2.75, 3.05) is 30.5 Å². The second-order valence-corrected chi connectivity index (χ2v) is 9.39. The van der Waals surface area contributed by atoms with Gasteiger partial charge in [-0.05, 0) is 62.3 Å². The second kappa shape index (κ2) is 11.2. The summed E-state index contributed by atoms with van der Waals surface area (Å²) in [6.07, 6.45) is 10.2. The Hall–Kier alpha value is -3.87. The molecule has 2 N–H and O–H groups in total. The molecule has 2 aromatic heterocycles. The van der Waals surface area contributed by atoms with E-state index in [2.05, 4.69) is 57.7 Å². The molecule has 36 heavy (non-hydrogen) atoms. The Morgan fingerprint density at radius 2 is 1.92 bits per heavy atom. The Balaban J connectivity index is 1.30. The lowest BCUT2D eigenvalue weighted by Crippen LogP contribution is -2.30. The molecule has 0 radical (unpaired) electrons. The highest BCUT2D eigenvalue weighted by molar-refractivity contribution is 5.99. The quantitative estimate of drug-likeness (QED) is 0.230. The zero-order chi connectivity index (χ0) is 24.7. The van der Waals surface area contributed by atoms with E-state index >= 15 is 0 Å². The SMILES string of the molecule is COc1cc(CCCc2nc(N/N=C/c3c[nH]c4ccccc34)cc(N3CCCCC3)n2)ccc1C. The number of H-pyrrole nitrogens is 1. The van der Waals surface area contributed by atoms with Gasteiger partial charge in [-0.1, -0.05) is 30.3 Å². The summed E-state index contributed by atoms with van der Waals surface area (Å²) in [6.45, 7) is 4.15. The number of rotatable bonds is 9. The third kappa shape index (κ3) is 5.67. The fourth-order valence-corrected chi connectivity index (χ4v) is 4.78. The van der Waals surface area contributed by atoms with Gasteiger partial charge in [-0.15, -0.1) is 0 Å². The summed E-state index contributed by atoms with van der Waals surface area (Å²) < 4.78 is 5.48. The molecule has 1 aliphatic heterocycles. The third-order valence-corrected chi connectivity index (χ3v) is 6.78. The molecule has 1 saturated heterocycles. The van der Waals surface area contributed by atoms with E-state index in [-0.39, 0.29) is 0 Å². The van der Waals surface area contributed by atoms with Gasteiger partial charge in [0.25, 0.3) is 0 Å². The van der Waals surface area contributed by atoms with Gasteiger partial charge < -0.3 is 14.6 Å². The zero-order valence-corrected chi connectivity index (χ0v) is 21.1. The van der Waals surface area contributed by atoms with Crippen molar-refractivity contribution in [2.45, 2.75) is 45.4 Å². The fourth-order valence-electron chi connectivity index (χ4n) is 4.78. The van der Waals surface area contributed by atoms with Gasteiger partial charge in [-0.2, -0.15) is 5.10 Å². The molecule has 7 nitrogen and oxygen atoms in total. The number of anilines is 2. The number of methoxy groups -OCH3 is 1. The molecule has 1 aliphatic rings. The minimum atomic E-state index is 0.730. The molecule has 7 heteroatoms. The van der Waals surface area contributed by atoms with Crippen LogP contribution in [0.3, 0.4) is 0 Å². The first kappa shape index (κ1) is 23.9. The van der Waals surface area contributed by atoms with Crippen molar-refractivity contribution in [3.63, 3.8) is 0 Å². The van der Waals surface area contributed by atoms with Crippen LogP contribution in [-0.2, 0) is 12.8 Å². The van der Waals surface area contributed by atoms with Crippen molar-refractivity contribution < 1.29 is 4.74 Å². The van der Waals surface area contributed by atoms with Crippen molar-refractivity contribution in [1.82, 2.24) is 15.0 Å². The molecule has 0 aliphatic carbocycles. The van der Waals surface area contributed by atoms with Crippen molar-refractivity contribution >= 4 is 28.8 Å². The monoisotopic (exact) mass is 482 g/mol. The van der Waals surface area contributed by atoms with Gasteiger partial charge in [0.2, 0.25) is 0 Å². The average Bonchev–Trinajstić information content (AvgIpc) is 3.33. The number of piperidine rings is 1. The number of benzene rings is 2. The van der Waals surface area contributed by atoms with Crippen LogP contribution in [-0.4, -0.2) is 41.4 Å². The maximum atomic E-state index is 5.48. The number of ether oxygens (including phenoxy) is 1. The summed E-state index contributed by atoms with van der Waals surface area (Å²) in [5.74, 6) is 3.51. The number of para-hydroxylation sites is 1. The summed E-state index contributed by atoms with van der Waals surface area (Å²) in [5.41, 5.74) is 7.72. The number of aromatic amines is 1. The van der Waals surface area contributed by atoms with E-state index in [0.29, 0.717) is 0 Å². The number of hydrazone groups is 1. The molecule has 3 heterocycles. The van der Waals surface area contributed by atoms with Crippen LogP contribution in [0.5, 0.6) is 5.75 Å². The lowest BCUT2D eigenvalue weighted by Gasteiger charge is -2.28. The number of aryl methyl sites for hydroxylation is 3. The maximum Gasteiger partial charge on any atom is 0.152 e. The summed E-state index contributed by atoms with van der Waals surface area (Å²) in [6, 6.07) is 16.7. The van der Waals surface area contributed by atoms with Crippen LogP contribution in [0, 0.1) is 6.92 Å². The summed E-state index contributed by atoms with van der Waals surface area (Å²) >= 11 is 0. The lowest BCUT2D eigenvalue weighted by molar-refractivity contribution is 0.411. The summed E-state index contributed by atoms with van der Waals surface area (Å²) in [4.78, 5) is 15.4. The minimum absolute atomic E-state index is 0.730. The van der Waals surface area contributed by atoms with Gasteiger partial charge in [-0.25, -0.2) is 9.97 Å². The molecule has 1 fully saturated rings. The van der Waals surface area contributed by atoms with E-state index in [9.17, 15) is 0 Å². The molecule has 5 rings (SSSR count). The van der Waals surface area contributed by atoms with E-state index in [0.717, 1.165) is 77.6 Å². The second-order valence-electron chi connectivity index (χ2n) is 9.39. The topological polar surface area (TPSA) is 78.4 Å². The number of hydrogen-bond donors (Lipinski definition) is 2. The van der Waals surface area contributed by atoms with Crippen LogP contribution in [0.2, 0.25) is 0 Å². The highest BCUT2D eigenvalue weighted by Crippen LogP contribution is 2.23. The van der Waals surface area contributed by atoms with E-state index in [4.69, 9.17) is 14.7 Å². The average molecular weight is 483 g/mol. The predicted octanol–water partition coefficient (Wildman–Crippen LogP) is 5.89. The molecule has 4 aromatic rings. The Bertz CT molecular complexity index is 1340. The molecule has 0 saturated carbocycles. The first-order valence-corrected chi connectivity index (χ1v) is 12.8. The van der Waals surface area contributed by atoms with Crippen molar-refractivity contribution in [3.05, 3.63) is 77.2 Å². The first-order chi connectivity index (χ1) is 17.7. The van der Waals surface area contributed by atoms with Crippen LogP contribution in [0.25, 0.3) is 10.9 Å². The third-order valence-electron chi connectivity index (χ3n) is 6.78. The number of nitrogens with zero attached hydrogens (tertiary/aromatic N) is 4. The smallest absolute Gasteiger partial charge is 0.152 e. The first-order valence-electron chi connectivity index (χ1n) is 12.8.